The van der Waals surface area contributed by atoms with E-state index in [0.717, 1.165) is 11.3 Å². The highest BCUT2D eigenvalue weighted by molar-refractivity contribution is 7.15. The molecule has 0 aliphatic heterocycles. The smallest absolute Gasteiger partial charge is 0.326 e. The van der Waals surface area contributed by atoms with Crippen LogP contribution in [0.5, 0.6) is 0 Å². The van der Waals surface area contributed by atoms with Gasteiger partial charge in [0.05, 0.1) is 9.75 Å². The van der Waals surface area contributed by atoms with Gasteiger partial charge >= 0.3 is 5.97 Å². The Kier molecular flexibility index (Phi) is 5.23. The highest BCUT2D eigenvalue weighted by atomic mass is 32.1. The molecular weight excluding hydrogens is 266 g/mol. The Bertz CT molecular complexity index is 495. The summed E-state index contributed by atoms with van der Waals surface area (Å²) in [4.78, 5) is 35.0. The van der Waals surface area contributed by atoms with Gasteiger partial charge in [-0.05, 0) is 25.0 Å². The monoisotopic (exact) mass is 283 g/mol. The number of hydrogen-bond donors (Lipinski definition) is 2. The first-order chi connectivity index (χ1) is 8.86. The summed E-state index contributed by atoms with van der Waals surface area (Å²) < 4.78 is 0. The van der Waals surface area contributed by atoms with Crippen molar-refractivity contribution in [3.05, 3.63) is 21.9 Å². The summed E-state index contributed by atoms with van der Waals surface area (Å²) in [6, 6.07) is 2.19. The molecule has 0 aliphatic rings. The van der Waals surface area contributed by atoms with Gasteiger partial charge in [-0.15, -0.1) is 11.3 Å². The fourth-order valence-electron chi connectivity index (χ4n) is 1.54. The highest BCUT2D eigenvalue weighted by Crippen LogP contribution is 2.18. The summed E-state index contributed by atoms with van der Waals surface area (Å²) in [5, 5.41) is 11.6. The van der Waals surface area contributed by atoms with Crippen LogP contribution in [0.1, 0.15) is 46.5 Å². The molecule has 0 aromatic carbocycles. The van der Waals surface area contributed by atoms with Gasteiger partial charge in [0.15, 0.2) is 5.78 Å². The minimum Gasteiger partial charge on any atom is -0.480 e. The topological polar surface area (TPSA) is 83.5 Å². The fourth-order valence-corrected chi connectivity index (χ4v) is 2.35. The summed E-state index contributed by atoms with van der Waals surface area (Å²) in [6.45, 7) is 5.06. The molecule has 2 N–H and O–H groups in total. The van der Waals surface area contributed by atoms with Crippen molar-refractivity contribution in [1.29, 1.82) is 0 Å². The maximum Gasteiger partial charge on any atom is 0.326 e. The Balaban J connectivity index is 2.81. The number of rotatable bonds is 6. The van der Waals surface area contributed by atoms with Gasteiger partial charge in [0.2, 0.25) is 0 Å². The summed E-state index contributed by atoms with van der Waals surface area (Å²) in [5.41, 5.74) is 0. The number of carbonyl (C=O) groups is 3. The zero-order valence-corrected chi connectivity index (χ0v) is 11.9. The van der Waals surface area contributed by atoms with Crippen molar-refractivity contribution in [2.75, 3.05) is 0 Å². The van der Waals surface area contributed by atoms with Crippen molar-refractivity contribution < 1.29 is 19.5 Å². The minimum atomic E-state index is -1.05. The van der Waals surface area contributed by atoms with Crippen molar-refractivity contribution in [3.63, 3.8) is 0 Å². The van der Waals surface area contributed by atoms with Gasteiger partial charge < -0.3 is 10.4 Å². The van der Waals surface area contributed by atoms with E-state index in [0.29, 0.717) is 16.2 Å². The number of thiophene rings is 1. The van der Waals surface area contributed by atoms with Crippen LogP contribution in [0.4, 0.5) is 0 Å². The number of carboxylic acid groups (broad SMARTS) is 1. The van der Waals surface area contributed by atoms with Gasteiger partial charge in [-0.1, -0.05) is 20.3 Å². The zero-order valence-electron chi connectivity index (χ0n) is 11.1. The second-order valence-electron chi connectivity index (χ2n) is 4.39. The largest absolute Gasteiger partial charge is 0.480 e. The quantitative estimate of drug-likeness (QED) is 0.784. The number of ketones is 1. The third kappa shape index (κ3) is 3.89. The van der Waals surface area contributed by atoms with E-state index in [4.69, 9.17) is 5.11 Å². The van der Waals surface area contributed by atoms with E-state index >= 15 is 0 Å². The molecule has 0 saturated heterocycles. The second kappa shape index (κ2) is 6.47. The Morgan fingerprint density at radius 3 is 2.32 bits per heavy atom. The van der Waals surface area contributed by atoms with E-state index in [1.807, 2.05) is 6.92 Å². The lowest BCUT2D eigenvalue weighted by atomic mass is 9.99. The average Bonchev–Trinajstić information content (AvgIpc) is 2.84. The first kappa shape index (κ1) is 15.4. The van der Waals surface area contributed by atoms with Crippen molar-refractivity contribution in [2.24, 2.45) is 5.92 Å². The van der Waals surface area contributed by atoms with Crippen LogP contribution < -0.4 is 5.32 Å². The van der Waals surface area contributed by atoms with Crippen molar-refractivity contribution >= 4 is 29.0 Å². The molecule has 1 aromatic rings. The Labute approximate surface area is 115 Å². The predicted molar refractivity (Wildman–Crippen MR) is 72.7 cm³/mol. The molecule has 19 heavy (non-hydrogen) atoms. The molecule has 0 radical (unpaired) electrons. The molecule has 1 heterocycles. The van der Waals surface area contributed by atoms with Gasteiger partial charge in [-0.3, -0.25) is 9.59 Å². The molecule has 0 aliphatic carbocycles. The Hall–Kier alpha value is -1.69. The molecule has 6 heteroatoms. The first-order valence-corrected chi connectivity index (χ1v) is 6.82. The standard InChI is InChI=1S/C13H17NO4S/c1-4-7(2)11(13(17)18)14-12(16)10-6-5-9(19-10)8(3)15/h5-7,11H,4H2,1-3H3,(H,14,16)(H,17,18)/t7-,11-/m0/s1. The minimum absolute atomic E-state index is 0.110. The molecule has 0 unspecified atom stereocenters. The van der Waals surface area contributed by atoms with Crippen LogP contribution >= 0.6 is 11.3 Å². The third-order valence-corrected chi connectivity index (χ3v) is 4.13. The lowest BCUT2D eigenvalue weighted by Gasteiger charge is -2.19. The summed E-state index contributed by atoms with van der Waals surface area (Å²) in [5.74, 6) is -1.77. The highest BCUT2D eigenvalue weighted by Gasteiger charge is 2.26. The van der Waals surface area contributed by atoms with E-state index in [2.05, 4.69) is 5.32 Å². The van der Waals surface area contributed by atoms with Gasteiger partial charge in [-0.2, -0.15) is 0 Å². The second-order valence-corrected chi connectivity index (χ2v) is 5.48. The molecule has 104 valence electrons. The zero-order chi connectivity index (χ0) is 14.6. The summed E-state index contributed by atoms with van der Waals surface area (Å²) in [6.07, 6.45) is 0.653. The van der Waals surface area contributed by atoms with Crippen LogP contribution in [0.2, 0.25) is 0 Å². The van der Waals surface area contributed by atoms with E-state index in [1.165, 1.54) is 13.0 Å². The molecule has 0 saturated carbocycles. The molecule has 5 nitrogen and oxygen atoms in total. The van der Waals surface area contributed by atoms with Gasteiger partial charge in [0.1, 0.15) is 6.04 Å². The van der Waals surface area contributed by atoms with Crippen LogP contribution in [0.25, 0.3) is 0 Å². The number of nitrogens with one attached hydrogen (secondary N) is 1. The van der Waals surface area contributed by atoms with Crippen LogP contribution in [-0.2, 0) is 4.79 Å². The Morgan fingerprint density at radius 2 is 1.89 bits per heavy atom. The number of carboxylic acids is 1. The lowest BCUT2D eigenvalue weighted by molar-refractivity contribution is -0.140. The van der Waals surface area contributed by atoms with E-state index < -0.39 is 17.9 Å². The molecule has 0 fully saturated rings. The van der Waals surface area contributed by atoms with Gasteiger partial charge in [-0.25, -0.2) is 4.79 Å². The van der Waals surface area contributed by atoms with Gasteiger partial charge in [0, 0.05) is 0 Å². The molecule has 1 aromatic heterocycles. The predicted octanol–water partition coefficient (Wildman–Crippen LogP) is 2.18. The van der Waals surface area contributed by atoms with Crippen LogP contribution in [0.15, 0.2) is 12.1 Å². The normalized spacial score (nSPS) is 13.6. The van der Waals surface area contributed by atoms with E-state index in [1.54, 1.807) is 13.0 Å². The number of aliphatic carboxylic acids is 1. The lowest BCUT2D eigenvalue weighted by Crippen LogP contribution is -2.44. The SMILES string of the molecule is CC[C@H](C)[C@H](NC(=O)c1ccc(C(C)=O)s1)C(=O)O. The summed E-state index contributed by atoms with van der Waals surface area (Å²) in [7, 11) is 0. The molecular formula is C13H17NO4S. The maximum atomic E-state index is 11.9. The van der Waals surface area contributed by atoms with Crippen molar-refractivity contribution in [1.82, 2.24) is 5.32 Å². The molecule has 2 atom stereocenters. The first-order valence-electron chi connectivity index (χ1n) is 6.01. The van der Waals surface area contributed by atoms with Gasteiger partial charge in [0.25, 0.3) is 5.91 Å². The number of carbonyl (C=O) groups excluding carboxylic acids is 2. The maximum absolute atomic E-state index is 11.9. The molecule has 0 bridgehead atoms. The van der Waals surface area contributed by atoms with E-state index in [-0.39, 0.29) is 11.7 Å². The number of amides is 1. The Morgan fingerprint density at radius 1 is 1.32 bits per heavy atom. The third-order valence-electron chi connectivity index (χ3n) is 2.94. The average molecular weight is 283 g/mol. The molecule has 1 rings (SSSR count). The van der Waals surface area contributed by atoms with Crippen LogP contribution in [0, 0.1) is 5.92 Å². The number of Topliss-reactive ketones (excluding diaryl/α,β-unsaturated/α-hetero) is 1. The molecule has 0 spiro atoms. The fraction of sp³-hybridized carbons (Fsp3) is 0.462. The van der Waals surface area contributed by atoms with Crippen LogP contribution in [0.3, 0.4) is 0 Å². The van der Waals surface area contributed by atoms with Crippen LogP contribution in [-0.4, -0.2) is 28.8 Å². The number of hydrogen-bond acceptors (Lipinski definition) is 4. The van der Waals surface area contributed by atoms with Crippen molar-refractivity contribution in [2.45, 2.75) is 33.2 Å². The van der Waals surface area contributed by atoms with E-state index in [9.17, 15) is 14.4 Å². The molecule has 1 amide bonds. The van der Waals surface area contributed by atoms with Crippen molar-refractivity contribution in [3.8, 4) is 0 Å². The summed E-state index contributed by atoms with van der Waals surface area (Å²) >= 11 is 1.07.